The molecule has 2 aliphatic rings. The van der Waals surface area contributed by atoms with Crippen LogP contribution in [0.5, 0.6) is 0 Å². The Morgan fingerprint density at radius 2 is 2.05 bits per heavy atom. The SMILES string of the molecule is Clc1ccc(CN2CCN(C3C=CCCC3)CC2)s1. The molecule has 4 heteroatoms. The van der Waals surface area contributed by atoms with Gasteiger partial charge in [0.25, 0.3) is 0 Å². The Balaban J connectivity index is 1.49. The van der Waals surface area contributed by atoms with E-state index in [0.717, 1.165) is 10.9 Å². The van der Waals surface area contributed by atoms with Crippen LogP contribution < -0.4 is 0 Å². The number of thiophene rings is 1. The molecule has 1 aliphatic carbocycles. The van der Waals surface area contributed by atoms with Gasteiger partial charge in [-0.2, -0.15) is 0 Å². The summed E-state index contributed by atoms with van der Waals surface area (Å²) in [5.74, 6) is 0. The second-order valence-corrected chi connectivity index (χ2v) is 7.24. The normalized spacial score (nSPS) is 25.8. The summed E-state index contributed by atoms with van der Waals surface area (Å²) in [6.07, 6.45) is 8.74. The fraction of sp³-hybridized carbons (Fsp3) is 0.600. The van der Waals surface area contributed by atoms with Crippen molar-refractivity contribution in [2.75, 3.05) is 26.2 Å². The van der Waals surface area contributed by atoms with Crippen LogP contribution in [0.15, 0.2) is 24.3 Å². The molecule has 1 unspecified atom stereocenters. The summed E-state index contributed by atoms with van der Waals surface area (Å²) < 4.78 is 0.904. The number of hydrogen-bond donors (Lipinski definition) is 0. The highest BCUT2D eigenvalue weighted by molar-refractivity contribution is 7.16. The lowest BCUT2D eigenvalue weighted by atomic mass is 10.0. The Labute approximate surface area is 124 Å². The van der Waals surface area contributed by atoms with Crippen molar-refractivity contribution in [3.63, 3.8) is 0 Å². The molecule has 1 aromatic rings. The van der Waals surface area contributed by atoms with Crippen LogP contribution in [0.3, 0.4) is 0 Å². The zero-order valence-electron chi connectivity index (χ0n) is 11.2. The molecular weight excluding hydrogens is 276 g/mol. The highest BCUT2D eigenvalue weighted by Crippen LogP contribution is 2.24. The molecular formula is C15H21ClN2S. The fourth-order valence-electron chi connectivity index (χ4n) is 3.01. The van der Waals surface area contributed by atoms with E-state index in [1.807, 2.05) is 6.07 Å². The summed E-state index contributed by atoms with van der Waals surface area (Å²) in [6, 6.07) is 4.86. The first kappa shape index (κ1) is 13.6. The van der Waals surface area contributed by atoms with Gasteiger partial charge in [-0.25, -0.2) is 0 Å². The molecule has 1 aromatic heterocycles. The molecule has 0 aromatic carbocycles. The van der Waals surface area contributed by atoms with Crippen molar-refractivity contribution < 1.29 is 0 Å². The first-order chi connectivity index (χ1) is 9.31. The Bertz CT molecular complexity index is 435. The standard InChI is InChI=1S/C15H21ClN2S/c16-15-7-6-14(19-15)12-17-8-10-18(11-9-17)13-4-2-1-3-5-13/h2,4,6-7,13H,1,3,5,8-12H2. The fourth-order valence-corrected chi connectivity index (χ4v) is 4.14. The van der Waals surface area contributed by atoms with Crippen molar-refractivity contribution in [3.05, 3.63) is 33.5 Å². The monoisotopic (exact) mass is 296 g/mol. The van der Waals surface area contributed by atoms with Crippen molar-refractivity contribution >= 4 is 22.9 Å². The molecule has 104 valence electrons. The van der Waals surface area contributed by atoms with Crippen LogP contribution in [-0.4, -0.2) is 42.0 Å². The molecule has 1 aliphatic heterocycles. The second-order valence-electron chi connectivity index (χ2n) is 5.44. The van der Waals surface area contributed by atoms with Crippen LogP contribution in [0.4, 0.5) is 0 Å². The molecule has 2 nitrogen and oxygen atoms in total. The van der Waals surface area contributed by atoms with Crippen molar-refractivity contribution in [2.24, 2.45) is 0 Å². The number of hydrogen-bond acceptors (Lipinski definition) is 3. The summed E-state index contributed by atoms with van der Waals surface area (Å²) in [5, 5.41) is 0. The molecule has 19 heavy (non-hydrogen) atoms. The van der Waals surface area contributed by atoms with E-state index in [-0.39, 0.29) is 0 Å². The summed E-state index contributed by atoms with van der Waals surface area (Å²) in [7, 11) is 0. The minimum absolute atomic E-state index is 0.701. The molecule has 3 rings (SSSR count). The smallest absolute Gasteiger partial charge is 0.0931 e. The van der Waals surface area contributed by atoms with Crippen LogP contribution in [0.25, 0.3) is 0 Å². The van der Waals surface area contributed by atoms with Crippen molar-refractivity contribution in [1.29, 1.82) is 0 Å². The minimum Gasteiger partial charge on any atom is -0.296 e. The number of rotatable bonds is 3. The minimum atomic E-state index is 0.701. The maximum absolute atomic E-state index is 5.99. The van der Waals surface area contributed by atoms with Gasteiger partial charge in [0, 0.05) is 43.6 Å². The Morgan fingerprint density at radius 1 is 1.21 bits per heavy atom. The highest BCUT2D eigenvalue weighted by atomic mass is 35.5. The van der Waals surface area contributed by atoms with Gasteiger partial charge >= 0.3 is 0 Å². The lowest BCUT2D eigenvalue weighted by Gasteiger charge is -2.39. The van der Waals surface area contributed by atoms with Gasteiger partial charge < -0.3 is 0 Å². The van der Waals surface area contributed by atoms with E-state index in [4.69, 9.17) is 11.6 Å². The molecule has 0 N–H and O–H groups in total. The molecule has 0 radical (unpaired) electrons. The maximum atomic E-state index is 5.99. The summed E-state index contributed by atoms with van der Waals surface area (Å²) in [4.78, 5) is 6.58. The number of nitrogens with zero attached hydrogens (tertiary/aromatic N) is 2. The van der Waals surface area contributed by atoms with Crippen LogP contribution in [-0.2, 0) is 6.54 Å². The maximum Gasteiger partial charge on any atom is 0.0931 e. The van der Waals surface area contributed by atoms with Crippen LogP contribution in [0.2, 0.25) is 4.34 Å². The second kappa shape index (κ2) is 6.40. The van der Waals surface area contributed by atoms with E-state index >= 15 is 0 Å². The van der Waals surface area contributed by atoms with Gasteiger partial charge in [0.1, 0.15) is 0 Å². The third-order valence-electron chi connectivity index (χ3n) is 4.11. The lowest BCUT2D eigenvalue weighted by Crippen LogP contribution is -2.49. The number of halogens is 1. The highest BCUT2D eigenvalue weighted by Gasteiger charge is 2.23. The first-order valence-electron chi connectivity index (χ1n) is 7.18. The summed E-state index contributed by atoms with van der Waals surface area (Å²) in [6.45, 7) is 5.83. The number of allylic oxidation sites excluding steroid dienone is 1. The third-order valence-corrected chi connectivity index (χ3v) is 5.33. The quantitative estimate of drug-likeness (QED) is 0.786. The van der Waals surface area contributed by atoms with E-state index in [2.05, 4.69) is 28.0 Å². The van der Waals surface area contributed by atoms with Crippen LogP contribution in [0.1, 0.15) is 24.1 Å². The van der Waals surface area contributed by atoms with Crippen LogP contribution in [0, 0.1) is 0 Å². The predicted octanol–water partition coefficient (Wildman–Crippen LogP) is 3.63. The van der Waals surface area contributed by atoms with Crippen molar-refractivity contribution in [1.82, 2.24) is 9.80 Å². The van der Waals surface area contributed by atoms with E-state index in [0.29, 0.717) is 6.04 Å². The molecule has 0 bridgehead atoms. The molecule has 1 saturated heterocycles. The van der Waals surface area contributed by atoms with Gasteiger partial charge in [0.2, 0.25) is 0 Å². The Morgan fingerprint density at radius 3 is 2.68 bits per heavy atom. The Hall–Kier alpha value is -0.350. The molecule has 2 heterocycles. The van der Waals surface area contributed by atoms with E-state index in [9.17, 15) is 0 Å². The van der Waals surface area contributed by atoms with Gasteiger partial charge in [-0.1, -0.05) is 23.8 Å². The van der Waals surface area contributed by atoms with E-state index in [1.54, 1.807) is 11.3 Å². The molecule has 0 saturated carbocycles. The zero-order valence-corrected chi connectivity index (χ0v) is 12.8. The average Bonchev–Trinajstić information content (AvgIpc) is 2.86. The van der Waals surface area contributed by atoms with Crippen LogP contribution >= 0.6 is 22.9 Å². The van der Waals surface area contributed by atoms with Gasteiger partial charge in [-0.3, -0.25) is 9.80 Å². The first-order valence-corrected chi connectivity index (χ1v) is 8.38. The van der Waals surface area contributed by atoms with Crippen molar-refractivity contribution in [3.8, 4) is 0 Å². The summed E-state index contributed by atoms with van der Waals surface area (Å²) >= 11 is 7.70. The van der Waals surface area contributed by atoms with Gasteiger partial charge in [-0.05, 0) is 31.4 Å². The topological polar surface area (TPSA) is 6.48 Å². The van der Waals surface area contributed by atoms with E-state index in [1.165, 1.54) is 50.3 Å². The Kier molecular flexibility index (Phi) is 4.59. The lowest BCUT2D eigenvalue weighted by molar-refractivity contribution is 0.103. The molecule has 1 atom stereocenters. The largest absolute Gasteiger partial charge is 0.296 e. The zero-order chi connectivity index (χ0) is 13.1. The average molecular weight is 297 g/mol. The predicted molar refractivity (Wildman–Crippen MR) is 83.0 cm³/mol. The van der Waals surface area contributed by atoms with Crippen molar-refractivity contribution in [2.45, 2.75) is 31.8 Å². The molecule has 0 spiro atoms. The molecule has 0 amide bonds. The van der Waals surface area contributed by atoms with Gasteiger partial charge in [0.05, 0.1) is 4.34 Å². The summed E-state index contributed by atoms with van der Waals surface area (Å²) in [5.41, 5.74) is 0. The van der Waals surface area contributed by atoms with Gasteiger partial charge in [-0.15, -0.1) is 11.3 Å². The van der Waals surface area contributed by atoms with Gasteiger partial charge in [0.15, 0.2) is 0 Å². The third kappa shape index (κ3) is 3.60. The molecule has 1 fully saturated rings. The number of piperazine rings is 1. The van der Waals surface area contributed by atoms with E-state index < -0.39 is 0 Å².